The lowest BCUT2D eigenvalue weighted by atomic mass is 10.1. The van der Waals surface area contributed by atoms with E-state index in [1.54, 1.807) is 18.9 Å². The van der Waals surface area contributed by atoms with Gasteiger partial charge in [-0.1, -0.05) is 13.0 Å². The van der Waals surface area contributed by atoms with Crippen molar-refractivity contribution < 1.29 is 4.74 Å². The van der Waals surface area contributed by atoms with E-state index in [1.807, 2.05) is 43.3 Å². The zero-order valence-electron chi connectivity index (χ0n) is 12.4. The van der Waals surface area contributed by atoms with Gasteiger partial charge in [-0.25, -0.2) is 0 Å². The van der Waals surface area contributed by atoms with Crippen LogP contribution in [0.4, 0.5) is 11.4 Å². The SMILES string of the molecule is CCSc1cccc(Nc2ccc(OC)c(C)c2)c1C#N. The third kappa shape index (κ3) is 3.50. The van der Waals surface area contributed by atoms with E-state index >= 15 is 0 Å². The molecule has 0 radical (unpaired) electrons. The van der Waals surface area contributed by atoms with Gasteiger partial charge in [-0.15, -0.1) is 11.8 Å². The molecule has 21 heavy (non-hydrogen) atoms. The van der Waals surface area contributed by atoms with Crippen LogP contribution < -0.4 is 10.1 Å². The van der Waals surface area contributed by atoms with Crippen LogP contribution in [-0.2, 0) is 0 Å². The molecule has 0 saturated carbocycles. The van der Waals surface area contributed by atoms with E-state index < -0.39 is 0 Å². The van der Waals surface area contributed by atoms with Crippen molar-refractivity contribution in [1.29, 1.82) is 5.26 Å². The number of aryl methyl sites for hydroxylation is 1. The molecule has 3 nitrogen and oxygen atoms in total. The maximum atomic E-state index is 9.42. The fourth-order valence-corrected chi connectivity index (χ4v) is 2.92. The Morgan fingerprint density at radius 1 is 1.29 bits per heavy atom. The Hall–Kier alpha value is -2.12. The summed E-state index contributed by atoms with van der Waals surface area (Å²) in [6, 6.07) is 14.1. The number of hydrogen-bond acceptors (Lipinski definition) is 4. The first kappa shape index (κ1) is 15.3. The second-order valence-electron chi connectivity index (χ2n) is 4.53. The molecular formula is C17H18N2OS. The zero-order valence-corrected chi connectivity index (χ0v) is 13.3. The first-order valence-corrected chi connectivity index (χ1v) is 7.75. The predicted octanol–water partition coefficient (Wildman–Crippen LogP) is 4.73. The number of benzene rings is 2. The van der Waals surface area contributed by atoms with E-state index in [4.69, 9.17) is 4.74 Å². The van der Waals surface area contributed by atoms with Gasteiger partial charge >= 0.3 is 0 Å². The lowest BCUT2D eigenvalue weighted by Gasteiger charge is -2.13. The van der Waals surface area contributed by atoms with Crippen molar-refractivity contribution in [2.45, 2.75) is 18.7 Å². The maximum absolute atomic E-state index is 9.42. The van der Waals surface area contributed by atoms with Gasteiger partial charge in [0.15, 0.2) is 0 Å². The van der Waals surface area contributed by atoms with Gasteiger partial charge in [0, 0.05) is 10.6 Å². The molecule has 0 atom stereocenters. The summed E-state index contributed by atoms with van der Waals surface area (Å²) in [7, 11) is 1.66. The van der Waals surface area contributed by atoms with Crippen LogP contribution in [0.1, 0.15) is 18.1 Å². The van der Waals surface area contributed by atoms with Gasteiger partial charge in [-0.05, 0) is 48.6 Å². The molecule has 4 heteroatoms. The molecule has 0 heterocycles. The monoisotopic (exact) mass is 298 g/mol. The average Bonchev–Trinajstić information content (AvgIpc) is 2.48. The first-order chi connectivity index (χ1) is 10.2. The number of methoxy groups -OCH3 is 1. The van der Waals surface area contributed by atoms with Gasteiger partial charge in [0.2, 0.25) is 0 Å². The van der Waals surface area contributed by atoms with Crippen LogP contribution in [0.15, 0.2) is 41.3 Å². The quantitative estimate of drug-likeness (QED) is 0.810. The summed E-state index contributed by atoms with van der Waals surface area (Å²) in [6.07, 6.45) is 0. The molecule has 2 aromatic rings. The van der Waals surface area contributed by atoms with Crippen LogP contribution in [-0.4, -0.2) is 12.9 Å². The molecule has 0 aliphatic carbocycles. The van der Waals surface area contributed by atoms with Crippen molar-refractivity contribution in [2.75, 3.05) is 18.2 Å². The Morgan fingerprint density at radius 3 is 2.71 bits per heavy atom. The molecule has 108 valence electrons. The number of nitrogens with zero attached hydrogens (tertiary/aromatic N) is 1. The molecule has 2 rings (SSSR count). The normalized spacial score (nSPS) is 10.0. The molecule has 0 fully saturated rings. The van der Waals surface area contributed by atoms with E-state index in [9.17, 15) is 5.26 Å². The smallest absolute Gasteiger partial charge is 0.121 e. The maximum Gasteiger partial charge on any atom is 0.121 e. The molecule has 0 unspecified atom stereocenters. The second-order valence-corrected chi connectivity index (χ2v) is 5.84. The molecule has 0 amide bonds. The van der Waals surface area contributed by atoms with E-state index in [0.717, 1.165) is 33.3 Å². The van der Waals surface area contributed by atoms with Gasteiger partial charge in [-0.3, -0.25) is 0 Å². The highest BCUT2D eigenvalue weighted by Crippen LogP contribution is 2.31. The number of anilines is 2. The summed E-state index contributed by atoms with van der Waals surface area (Å²) < 4.78 is 5.26. The van der Waals surface area contributed by atoms with Crippen molar-refractivity contribution in [3.8, 4) is 11.8 Å². The van der Waals surface area contributed by atoms with E-state index in [2.05, 4.69) is 18.3 Å². The Morgan fingerprint density at radius 2 is 2.10 bits per heavy atom. The molecular weight excluding hydrogens is 280 g/mol. The minimum absolute atomic E-state index is 0.692. The van der Waals surface area contributed by atoms with E-state index in [1.165, 1.54) is 0 Å². The van der Waals surface area contributed by atoms with Crippen molar-refractivity contribution >= 4 is 23.1 Å². The lowest BCUT2D eigenvalue weighted by molar-refractivity contribution is 0.412. The third-order valence-corrected chi connectivity index (χ3v) is 4.05. The highest BCUT2D eigenvalue weighted by Gasteiger charge is 2.09. The summed E-state index contributed by atoms with van der Waals surface area (Å²) in [4.78, 5) is 1.01. The summed E-state index contributed by atoms with van der Waals surface area (Å²) >= 11 is 1.68. The molecule has 1 N–H and O–H groups in total. The van der Waals surface area contributed by atoms with Crippen LogP contribution in [0.2, 0.25) is 0 Å². The Labute approximate surface area is 129 Å². The third-order valence-electron chi connectivity index (χ3n) is 3.11. The number of nitrogens with one attached hydrogen (secondary N) is 1. The van der Waals surface area contributed by atoms with Crippen LogP contribution >= 0.6 is 11.8 Å². The molecule has 0 aliphatic rings. The first-order valence-electron chi connectivity index (χ1n) is 6.77. The Bertz CT molecular complexity index is 677. The molecule has 2 aromatic carbocycles. The van der Waals surface area contributed by atoms with Crippen LogP contribution in [0.5, 0.6) is 5.75 Å². The second kappa shape index (κ2) is 7.05. The number of ether oxygens (including phenoxy) is 1. The van der Waals surface area contributed by atoms with E-state index in [0.29, 0.717) is 5.56 Å². The van der Waals surface area contributed by atoms with Crippen LogP contribution in [0.3, 0.4) is 0 Å². The molecule has 0 saturated heterocycles. The van der Waals surface area contributed by atoms with Gasteiger partial charge in [0.25, 0.3) is 0 Å². The average molecular weight is 298 g/mol. The number of rotatable bonds is 5. The van der Waals surface area contributed by atoms with Gasteiger partial charge in [-0.2, -0.15) is 5.26 Å². The largest absolute Gasteiger partial charge is 0.496 e. The Kier molecular flexibility index (Phi) is 5.13. The standard InChI is InChI=1S/C17H18N2OS/c1-4-21-17-7-5-6-15(14(17)11-18)19-13-8-9-16(20-3)12(2)10-13/h5-10,19H,4H2,1-3H3. The highest BCUT2D eigenvalue weighted by atomic mass is 32.2. The molecule has 0 bridgehead atoms. The summed E-state index contributed by atoms with van der Waals surface area (Å²) in [5.74, 6) is 1.80. The number of hydrogen-bond donors (Lipinski definition) is 1. The lowest BCUT2D eigenvalue weighted by Crippen LogP contribution is -1.96. The van der Waals surface area contributed by atoms with Crippen LogP contribution in [0, 0.1) is 18.3 Å². The molecule has 0 spiro atoms. The van der Waals surface area contributed by atoms with Crippen molar-refractivity contribution in [3.63, 3.8) is 0 Å². The molecule has 0 aromatic heterocycles. The minimum Gasteiger partial charge on any atom is -0.496 e. The van der Waals surface area contributed by atoms with Gasteiger partial charge in [0.1, 0.15) is 11.8 Å². The number of nitriles is 1. The zero-order chi connectivity index (χ0) is 15.2. The highest BCUT2D eigenvalue weighted by molar-refractivity contribution is 7.99. The summed E-state index contributed by atoms with van der Waals surface area (Å²) in [5, 5.41) is 12.7. The Balaban J connectivity index is 2.33. The van der Waals surface area contributed by atoms with Gasteiger partial charge < -0.3 is 10.1 Å². The van der Waals surface area contributed by atoms with Gasteiger partial charge in [0.05, 0.1) is 18.4 Å². The fourth-order valence-electron chi connectivity index (χ4n) is 2.14. The minimum atomic E-state index is 0.692. The van der Waals surface area contributed by atoms with Crippen LogP contribution in [0.25, 0.3) is 0 Å². The van der Waals surface area contributed by atoms with Crippen molar-refractivity contribution in [3.05, 3.63) is 47.5 Å². The van der Waals surface area contributed by atoms with E-state index in [-0.39, 0.29) is 0 Å². The number of thioether (sulfide) groups is 1. The topological polar surface area (TPSA) is 45.0 Å². The molecule has 0 aliphatic heterocycles. The van der Waals surface area contributed by atoms with Crippen molar-refractivity contribution in [1.82, 2.24) is 0 Å². The predicted molar refractivity (Wildman–Crippen MR) is 88.6 cm³/mol. The summed E-state index contributed by atoms with van der Waals surface area (Å²) in [6.45, 7) is 4.08. The van der Waals surface area contributed by atoms with Crippen molar-refractivity contribution in [2.24, 2.45) is 0 Å². The summed E-state index contributed by atoms with van der Waals surface area (Å²) in [5.41, 5.74) is 3.53. The fraction of sp³-hybridized carbons (Fsp3) is 0.235.